The number of methoxy groups -OCH3 is 1. The van der Waals surface area contributed by atoms with Gasteiger partial charge in [-0.1, -0.05) is 52.0 Å². The molecule has 0 N–H and O–H groups in total. The van der Waals surface area contributed by atoms with Crippen molar-refractivity contribution in [3.8, 4) is 0 Å². The second-order valence-electron chi connectivity index (χ2n) is 17.4. The third-order valence-electron chi connectivity index (χ3n) is 12.9. The van der Waals surface area contributed by atoms with Gasteiger partial charge in [0.1, 0.15) is 23.1 Å². The maximum absolute atomic E-state index is 14.8. The fraction of sp³-hybridized carbons (Fsp3) is 0.689. The summed E-state index contributed by atoms with van der Waals surface area (Å²) in [6, 6.07) is 11.6. The fourth-order valence-corrected chi connectivity index (χ4v) is 11.1. The Morgan fingerprint density at radius 1 is 0.966 bits per heavy atom. The number of esters is 3. The number of rotatable bonds is 10. The number of carbonyl (C=O) groups is 5. The van der Waals surface area contributed by atoms with Crippen molar-refractivity contribution in [2.75, 3.05) is 27.0 Å². The van der Waals surface area contributed by atoms with Gasteiger partial charge in [0.25, 0.3) is 0 Å². The van der Waals surface area contributed by atoms with Gasteiger partial charge in [0, 0.05) is 48.8 Å². The maximum atomic E-state index is 14.8. The molecule has 4 heterocycles. The number of para-hydroxylation sites is 1. The minimum absolute atomic E-state index is 0.117. The third kappa shape index (κ3) is 9.88. The Balaban J connectivity index is 1.51. The molecule has 0 bridgehead atoms. The normalized spacial score (nSPS) is 37.4. The maximum Gasteiger partial charge on any atom is 0.320 e. The lowest BCUT2D eigenvalue weighted by Gasteiger charge is -2.47. The van der Waals surface area contributed by atoms with Crippen molar-refractivity contribution in [2.24, 2.45) is 29.6 Å². The van der Waals surface area contributed by atoms with Crippen LogP contribution in [0.1, 0.15) is 87.3 Å². The van der Waals surface area contributed by atoms with E-state index >= 15 is 0 Å². The Hall–Kier alpha value is -3.43. The van der Waals surface area contributed by atoms with Gasteiger partial charge in [-0.05, 0) is 85.4 Å². The number of aryl methyl sites for hydroxylation is 1. The average molecular weight is 841 g/mol. The van der Waals surface area contributed by atoms with E-state index in [9.17, 15) is 24.0 Å². The molecule has 3 aliphatic rings. The number of aromatic nitrogens is 1. The number of carbonyl (C=O) groups excluding carboxylic acids is 5. The van der Waals surface area contributed by atoms with Gasteiger partial charge in [-0.2, -0.15) is 0 Å². The zero-order chi connectivity index (χ0) is 43.6. The van der Waals surface area contributed by atoms with E-state index in [1.54, 1.807) is 20.8 Å². The molecule has 1 aromatic heterocycles. The summed E-state index contributed by atoms with van der Waals surface area (Å²) in [7, 11) is 5.26. The number of fused-ring (bicyclic) bond motifs is 2. The summed E-state index contributed by atoms with van der Waals surface area (Å²) in [6.07, 6.45) is -2.75. The molecule has 14 atom stereocenters. The van der Waals surface area contributed by atoms with E-state index in [-0.39, 0.29) is 30.8 Å². The van der Waals surface area contributed by atoms with Crippen LogP contribution in [-0.4, -0.2) is 120 Å². The molecule has 14 heteroatoms. The molecule has 0 unspecified atom stereocenters. The first-order valence-corrected chi connectivity index (χ1v) is 22.0. The quantitative estimate of drug-likeness (QED) is 0.156. The molecule has 59 heavy (non-hydrogen) atoms. The lowest BCUT2D eigenvalue weighted by molar-refractivity contribution is -0.298. The van der Waals surface area contributed by atoms with Crippen LogP contribution in [0.4, 0.5) is 0 Å². The molecule has 3 saturated heterocycles. The summed E-state index contributed by atoms with van der Waals surface area (Å²) in [5, 5.41) is 0.291. The number of hydrogen-bond acceptors (Lipinski definition) is 14. The Kier molecular flexibility index (Phi) is 15.1. The molecule has 326 valence electrons. The van der Waals surface area contributed by atoms with Crippen molar-refractivity contribution in [3.63, 3.8) is 0 Å². The van der Waals surface area contributed by atoms with E-state index in [0.717, 1.165) is 16.6 Å². The molecule has 0 saturated carbocycles. The molecular formula is C45H64N2O11S. The minimum Gasteiger partial charge on any atom is -0.458 e. The second kappa shape index (κ2) is 19.1. The SMILES string of the molecule is CC[C@H]1OC(=O)[C@H](C)C(=O)[C@H](C)[C@@H](O[C@@H]2O[C@H](C)C[C@H](N(C)C)[C@H]2OC(C)=O)[C@](C)(OC)C[C@@H](C)C(=O)[C@H](C)[C@H]2[C@H](SCCc3ccc4ccccc4n3)C(=O)O[C@@]21C. The van der Waals surface area contributed by atoms with E-state index in [1.165, 1.54) is 32.7 Å². The molecule has 3 aliphatic heterocycles. The Bertz CT molecular complexity index is 1860. The summed E-state index contributed by atoms with van der Waals surface area (Å²) < 4.78 is 37.6. The third-order valence-corrected chi connectivity index (χ3v) is 14.2. The lowest BCUT2D eigenvalue weighted by Crippen LogP contribution is -2.60. The van der Waals surface area contributed by atoms with Gasteiger partial charge in [0.05, 0.1) is 29.4 Å². The first-order chi connectivity index (χ1) is 27.8. The molecule has 3 fully saturated rings. The van der Waals surface area contributed by atoms with Crippen LogP contribution in [0.5, 0.6) is 0 Å². The van der Waals surface area contributed by atoms with Crippen LogP contribution < -0.4 is 0 Å². The van der Waals surface area contributed by atoms with Gasteiger partial charge in [-0.15, -0.1) is 11.8 Å². The van der Waals surface area contributed by atoms with Crippen molar-refractivity contribution in [3.05, 3.63) is 42.1 Å². The molecule has 1 aromatic carbocycles. The first-order valence-electron chi connectivity index (χ1n) is 20.9. The van der Waals surface area contributed by atoms with Gasteiger partial charge in [0.2, 0.25) is 0 Å². The Morgan fingerprint density at radius 2 is 1.66 bits per heavy atom. The molecule has 0 amide bonds. The number of likely N-dealkylation sites (N-methyl/N-ethyl adjacent to an activating group) is 1. The lowest BCUT2D eigenvalue weighted by atomic mass is 9.70. The molecule has 2 aromatic rings. The number of ketones is 2. The van der Waals surface area contributed by atoms with Crippen molar-refractivity contribution >= 4 is 52.1 Å². The minimum atomic E-state index is -1.37. The highest BCUT2D eigenvalue weighted by atomic mass is 32.2. The summed E-state index contributed by atoms with van der Waals surface area (Å²) in [5.41, 5.74) is -0.903. The van der Waals surface area contributed by atoms with E-state index < -0.39 is 94.3 Å². The number of Topliss-reactive ketones (excluding diaryl/α,β-unsaturated/α-hetero) is 2. The number of nitrogens with zero attached hydrogens (tertiary/aromatic N) is 2. The Labute approximate surface area is 353 Å². The largest absolute Gasteiger partial charge is 0.458 e. The van der Waals surface area contributed by atoms with E-state index in [1.807, 2.05) is 83.1 Å². The number of cyclic esters (lactones) is 1. The Morgan fingerprint density at radius 3 is 2.31 bits per heavy atom. The van der Waals surface area contributed by atoms with Crippen LogP contribution in [0.15, 0.2) is 36.4 Å². The number of benzene rings is 1. The standard InChI is InChI=1S/C45H64N2O11S/c1-13-34-45(9)35(39(42(52)58-45)59-21-20-31-19-18-30-16-14-15-17-32(30)46-31)26(4)36(49)24(2)23-44(8,53-12)40(27(5)37(50)28(6)41(51)56-34)57-43-38(55-29(7)48)33(47(10)11)22-25(3)54-43/h14-19,24-28,33-35,38-40,43H,13,20-23H2,1-12H3/t24-,25-,26-,27+,28-,33+,34-,35+,38-,39+,40-,43+,44-,45-/m1/s1. The predicted octanol–water partition coefficient (Wildman–Crippen LogP) is 6.01. The second-order valence-corrected chi connectivity index (χ2v) is 18.7. The van der Waals surface area contributed by atoms with Gasteiger partial charge >= 0.3 is 17.9 Å². The number of thioether (sulfide) groups is 1. The number of ether oxygens (including phenoxy) is 6. The smallest absolute Gasteiger partial charge is 0.320 e. The summed E-state index contributed by atoms with van der Waals surface area (Å²) >= 11 is 1.41. The van der Waals surface area contributed by atoms with Gasteiger partial charge in [0.15, 0.2) is 23.8 Å². The van der Waals surface area contributed by atoms with Crippen molar-refractivity contribution in [2.45, 2.75) is 141 Å². The van der Waals surface area contributed by atoms with Crippen molar-refractivity contribution in [1.29, 1.82) is 0 Å². The number of hydrogen-bond donors (Lipinski definition) is 0. The zero-order valence-electron chi connectivity index (χ0n) is 36.7. The van der Waals surface area contributed by atoms with E-state index in [0.29, 0.717) is 18.6 Å². The average Bonchev–Trinajstić information content (AvgIpc) is 3.46. The van der Waals surface area contributed by atoms with Gasteiger partial charge in [-0.3, -0.25) is 29.0 Å². The molecule has 0 spiro atoms. The number of pyridine rings is 1. The van der Waals surface area contributed by atoms with Crippen LogP contribution in [0.2, 0.25) is 0 Å². The summed E-state index contributed by atoms with van der Waals surface area (Å²) in [4.78, 5) is 76.5. The highest BCUT2D eigenvalue weighted by Gasteiger charge is 2.61. The van der Waals surface area contributed by atoms with E-state index in [2.05, 4.69) is 0 Å². The molecule has 13 nitrogen and oxygen atoms in total. The first kappa shape index (κ1) is 46.6. The molecular weight excluding hydrogens is 777 g/mol. The van der Waals surface area contributed by atoms with Gasteiger partial charge < -0.3 is 33.3 Å². The van der Waals surface area contributed by atoms with Crippen LogP contribution >= 0.6 is 11.8 Å². The summed E-state index contributed by atoms with van der Waals surface area (Å²) in [5.74, 6) is -6.13. The topological polar surface area (TPSA) is 157 Å². The highest BCUT2D eigenvalue weighted by molar-refractivity contribution is 8.00. The van der Waals surface area contributed by atoms with Gasteiger partial charge in [-0.25, -0.2) is 0 Å². The van der Waals surface area contributed by atoms with Crippen LogP contribution in [-0.2, 0) is 58.8 Å². The van der Waals surface area contributed by atoms with Crippen LogP contribution in [0.3, 0.4) is 0 Å². The monoisotopic (exact) mass is 840 g/mol. The zero-order valence-corrected chi connectivity index (χ0v) is 37.5. The van der Waals surface area contributed by atoms with Crippen LogP contribution in [0.25, 0.3) is 10.9 Å². The highest BCUT2D eigenvalue weighted by Crippen LogP contribution is 2.49. The fourth-order valence-electron chi connectivity index (χ4n) is 9.59. The van der Waals surface area contributed by atoms with Crippen molar-refractivity contribution < 1.29 is 52.4 Å². The summed E-state index contributed by atoms with van der Waals surface area (Å²) in [6.45, 7) is 15.4. The van der Waals surface area contributed by atoms with Crippen molar-refractivity contribution in [1.82, 2.24) is 9.88 Å². The molecule has 5 rings (SSSR count). The van der Waals surface area contributed by atoms with Crippen LogP contribution in [0, 0.1) is 29.6 Å². The predicted molar refractivity (Wildman–Crippen MR) is 223 cm³/mol. The van der Waals surface area contributed by atoms with E-state index in [4.69, 9.17) is 33.4 Å². The molecule has 0 aliphatic carbocycles. The molecule has 0 radical (unpaired) electrons.